The average Bonchev–Trinajstić information content (AvgIpc) is 2.64. The summed E-state index contributed by atoms with van der Waals surface area (Å²) in [4.78, 5) is 2.55. The molecule has 16 heavy (non-hydrogen) atoms. The van der Waals surface area contributed by atoms with Gasteiger partial charge in [-0.25, -0.2) is 0 Å². The van der Waals surface area contributed by atoms with E-state index in [1.807, 2.05) is 13.8 Å². The largest absolute Gasteiger partial charge is 0.388 e. The number of aryl methyl sites for hydroxylation is 2. The first kappa shape index (κ1) is 15.7. The van der Waals surface area contributed by atoms with Crippen molar-refractivity contribution >= 4 is 11.3 Å². The van der Waals surface area contributed by atoms with Gasteiger partial charge in [0.1, 0.15) is 0 Å². The quantitative estimate of drug-likeness (QED) is 0.688. The molecule has 0 bridgehead atoms. The molecular formula is C14H26OS. The van der Waals surface area contributed by atoms with Gasteiger partial charge in [-0.3, -0.25) is 0 Å². The van der Waals surface area contributed by atoms with E-state index in [0.717, 1.165) is 19.3 Å². The van der Waals surface area contributed by atoms with E-state index in [1.54, 1.807) is 11.3 Å². The molecule has 1 aromatic heterocycles. The molecule has 1 unspecified atom stereocenters. The van der Waals surface area contributed by atoms with Crippen molar-refractivity contribution < 1.29 is 5.11 Å². The van der Waals surface area contributed by atoms with Gasteiger partial charge in [-0.1, -0.05) is 34.1 Å². The Hall–Kier alpha value is -0.340. The topological polar surface area (TPSA) is 20.2 Å². The van der Waals surface area contributed by atoms with Gasteiger partial charge >= 0.3 is 0 Å². The Labute approximate surface area is 105 Å². The fraction of sp³-hybridized carbons (Fsp3) is 0.714. The molecule has 1 aromatic rings. The minimum atomic E-state index is -0.169. The van der Waals surface area contributed by atoms with Gasteiger partial charge in [0, 0.05) is 9.75 Å². The molecule has 0 aliphatic heterocycles. The number of aliphatic hydroxyl groups excluding tert-OH is 1. The number of hydrogen-bond acceptors (Lipinski definition) is 2. The predicted molar refractivity (Wildman–Crippen MR) is 74.3 cm³/mol. The van der Waals surface area contributed by atoms with Crippen LogP contribution in [0.4, 0.5) is 0 Å². The van der Waals surface area contributed by atoms with Gasteiger partial charge in [-0.2, -0.15) is 0 Å². The van der Waals surface area contributed by atoms with Crippen LogP contribution in [0, 0.1) is 6.92 Å². The smallest absolute Gasteiger partial charge is 0.0884 e. The van der Waals surface area contributed by atoms with Crippen LogP contribution >= 0.6 is 11.3 Å². The SMILES string of the molecule is CC.CCC.Cc1cc2c(s1)C(O)CCC2. The predicted octanol–water partition coefficient (Wildman–Crippen LogP) is 4.87. The molecule has 1 atom stereocenters. The number of hydrogen-bond donors (Lipinski definition) is 1. The Morgan fingerprint density at radius 1 is 1.38 bits per heavy atom. The normalized spacial score (nSPS) is 17.5. The van der Waals surface area contributed by atoms with Crippen LogP contribution in [-0.4, -0.2) is 5.11 Å². The van der Waals surface area contributed by atoms with Gasteiger partial charge in [0.2, 0.25) is 0 Å². The zero-order valence-electron chi connectivity index (χ0n) is 11.3. The second-order valence-electron chi connectivity index (χ2n) is 3.86. The van der Waals surface area contributed by atoms with E-state index in [2.05, 4.69) is 26.8 Å². The maximum Gasteiger partial charge on any atom is 0.0884 e. The highest BCUT2D eigenvalue weighted by molar-refractivity contribution is 7.12. The van der Waals surface area contributed by atoms with Gasteiger partial charge in [0.05, 0.1) is 6.10 Å². The molecule has 0 aromatic carbocycles. The molecule has 1 aliphatic carbocycles. The number of fused-ring (bicyclic) bond motifs is 1. The van der Waals surface area contributed by atoms with E-state index >= 15 is 0 Å². The number of aliphatic hydroxyl groups is 1. The highest BCUT2D eigenvalue weighted by Crippen LogP contribution is 2.35. The van der Waals surface area contributed by atoms with Crippen molar-refractivity contribution in [2.45, 2.75) is 66.4 Å². The minimum absolute atomic E-state index is 0.169. The summed E-state index contributed by atoms with van der Waals surface area (Å²) in [5, 5.41) is 9.59. The zero-order chi connectivity index (χ0) is 12.6. The molecule has 0 radical (unpaired) electrons. The van der Waals surface area contributed by atoms with E-state index in [0.29, 0.717) is 0 Å². The van der Waals surface area contributed by atoms with Crippen molar-refractivity contribution in [3.63, 3.8) is 0 Å². The molecule has 94 valence electrons. The van der Waals surface area contributed by atoms with Crippen molar-refractivity contribution in [1.82, 2.24) is 0 Å². The summed E-state index contributed by atoms with van der Waals surface area (Å²) in [6.07, 6.45) is 4.34. The van der Waals surface area contributed by atoms with Crippen molar-refractivity contribution in [3.05, 3.63) is 21.4 Å². The van der Waals surface area contributed by atoms with Crippen molar-refractivity contribution in [2.75, 3.05) is 0 Å². The molecule has 0 amide bonds. The maximum atomic E-state index is 9.59. The van der Waals surface area contributed by atoms with Crippen LogP contribution in [0.25, 0.3) is 0 Å². The fourth-order valence-corrected chi connectivity index (χ4v) is 2.77. The second-order valence-corrected chi connectivity index (χ2v) is 5.15. The molecular weight excluding hydrogens is 216 g/mol. The summed E-state index contributed by atoms with van der Waals surface area (Å²) in [5.74, 6) is 0. The second kappa shape index (κ2) is 8.77. The van der Waals surface area contributed by atoms with Gasteiger partial charge in [-0.05, 0) is 37.8 Å². The Bertz CT molecular complexity index is 278. The summed E-state index contributed by atoms with van der Waals surface area (Å²) < 4.78 is 0. The Morgan fingerprint density at radius 2 is 1.94 bits per heavy atom. The third-order valence-corrected chi connectivity index (χ3v) is 3.39. The first-order chi connectivity index (χ1) is 7.69. The molecule has 0 spiro atoms. The van der Waals surface area contributed by atoms with Crippen LogP contribution in [-0.2, 0) is 6.42 Å². The van der Waals surface area contributed by atoms with Crippen LogP contribution in [0.5, 0.6) is 0 Å². The van der Waals surface area contributed by atoms with Crippen molar-refractivity contribution in [1.29, 1.82) is 0 Å². The first-order valence-electron chi connectivity index (χ1n) is 6.46. The maximum absolute atomic E-state index is 9.59. The molecule has 1 aliphatic rings. The third-order valence-electron chi connectivity index (χ3n) is 2.19. The summed E-state index contributed by atoms with van der Waals surface area (Å²) in [7, 11) is 0. The van der Waals surface area contributed by atoms with Crippen LogP contribution in [0.3, 0.4) is 0 Å². The molecule has 0 saturated carbocycles. The summed E-state index contributed by atoms with van der Waals surface area (Å²) in [5.41, 5.74) is 1.38. The molecule has 1 heterocycles. The highest BCUT2D eigenvalue weighted by Gasteiger charge is 2.19. The summed E-state index contributed by atoms with van der Waals surface area (Å²) in [6.45, 7) is 10.4. The highest BCUT2D eigenvalue weighted by atomic mass is 32.1. The number of rotatable bonds is 0. The van der Waals surface area contributed by atoms with E-state index in [9.17, 15) is 5.11 Å². The van der Waals surface area contributed by atoms with Crippen molar-refractivity contribution in [2.24, 2.45) is 0 Å². The van der Waals surface area contributed by atoms with Gasteiger partial charge in [-0.15, -0.1) is 11.3 Å². The van der Waals surface area contributed by atoms with E-state index < -0.39 is 0 Å². The first-order valence-corrected chi connectivity index (χ1v) is 7.27. The molecule has 2 rings (SSSR count). The van der Waals surface area contributed by atoms with Crippen molar-refractivity contribution in [3.8, 4) is 0 Å². The van der Waals surface area contributed by atoms with Crippen LogP contribution in [0.2, 0.25) is 0 Å². The Balaban J connectivity index is 0.000000394. The lowest BCUT2D eigenvalue weighted by atomic mass is 9.97. The summed E-state index contributed by atoms with van der Waals surface area (Å²) in [6, 6.07) is 2.21. The average molecular weight is 242 g/mol. The standard InChI is InChI=1S/C9H12OS.C3H8.C2H6/c1-6-5-7-3-2-4-8(10)9(7)11-6;1-3-2;1-2/h5,8,10H,2-4H2,1H3;3H2,1-2H3;1-2H3. The van der Waals surface area contributed by atoms with E-state index in [-0.39, 0.29) is 6.10 Å². The molecule has 2 heteroatoms. The fourth-order valence-electron chi connectivity index (χ4n) is 1.68. The Kier molecular flexibility index (Phi) is 8.58. The minimum Gasteiger partial charge on any atom is -0.388 e. The lowest BCUT2D eigenvalue weighted by molar-refractivity contribution is 0.161. The summed E-state index contributed by atoms with van der Waals surface area (Å²) >= 11 is 1.75. The zero-order valence-corrected chi connectivity index (χ0v) is 12.2. The van der Waals surface area contributed by atoms with Crippen LogP contribution in [0.15, 0.2) is 6.07 Å². The molecule has 0 fully saturated rings. The Morgan fingerprint density at radius 3 is 2.44 bits per heavy atom. The lowest BCUT2D eigenvalue weighted by Gasteiger charge is -2.16. The van der Waals surface area contributed by atoms with Gasteiger partial charge in [0.25, 0.3) is 0 Å². The van der Waals surface area contributed by atoms with Crippen LogP contribution < -0.4 is 0 Å². The molecule has 1 N–H and O–H groups in total. The third kappa shape index (κ3) is 4.67. The number of thiophene rings is 1. The van der Waals surface area contributed by atoms with E-state index in [4.69, 9.17) is 0 Å². The van der Waals surface area contributed by atoms with Crippen LogP contribution in [0.1, 0.15) is 68.4 Å². The van der Waals surface area contributed by atoms with Gasteiger partial charge in [0.15, 0.2) is 0 Å². The molecule has 1 nitrogen and oxygen atoms in total. The lowest BCUT2D eigenvalue weighted by Crippen LogP contribution is -2.04. The van der Waals surface area contributed by atoms with Gasteiger partial charge < -0.3 is 5.11 Å². The van der Waals surface area contributed by atoms with E-state index in [1.165, 1.54) is 21.7 Å². The monoisotopic (exact) mass is 242 g/mol. The molecule has 0 saturated heterocycles.